The molecule has 1 radical (unpaired) electrons. The van der Waals surface area contributed by atoms with Crippen LogP contribution in [0, 0.1) is 6.07 Å². The number of morpholine rings is 1. The SMILES string of the molecule is FC(F)(F)c1c[c]cc(OCCN2CCOCC2)c1. The molecule has 6 heteroatoms. The van der Waals surface area contributed by atoms with E-state index in [1.165, 1.54) is 6.07 Å². The zero-order valence-electron chi connectivity index (χ0n) is 10.4. The Morgan fingerprint density at radius 2 is 2.00 bits per heavy atom. The van der Waals surface area contributed by atoms with Crippen LogP contribution in [0.4, 0.5) is 13.2 Å². The molecule has 1 fully saturated rings. The summed E-state index contributed by atoms with van der Waals surface area (Å²) >= 11 is 0. The Morgan fingerprint density at radius 3 is 2.68 bits per heavy atom. The molecule has 0 N–H and O–H groups in total. The third-order valence-electron chi connectivity index (χ3n) is 2.87. The average molecular weight is 274 g/mol. The van der Waals surface area contributed by atoms with Crippen molar-refractivity contribution in [3.8, 4) is 5.75 Å². The van der Waals surface area contributed by atoms with Crippen molar-refractivity contribution in [3.05, 3.63) is 29.8 Å². The first kappa shape index (κ1) is 14.1. The number of benzene rings is 1. The summed E-state index contributed by atoms with van der Waals surface area (Å²) in [4.78, 5) is 2.15. The lowest BCUT2D eigenvalue weighted by Crippen LogP contribution is -2.38. The van der Waals surface area contributed by atoms with Gasteiger partial charge in [0.25, 0.3) is 0 Å². The molecule has 105 valence electrons. The van der Waals surface area contributed by atoms with Crippen LogP contribution in [0.15, 0.2) is 18.2 Å². The van der Waals surface area contributed by atoms with E-state index in [-0.39, 0.29) is 5.75 Å². The zero-order chi connectivity index (χ0) is 13.7. The summed E-state index contributed by atoms with van der Waals surface area (Å²) in [5.74, 6) is 0.197. The van der Waals surface area contributed by atoms with Gasteiger partial charge in [-0.05, 0) is 24.3 Å². The molecule has 0 saturated carbocycles. The number of nitrogens with zero attached hydrogens (tertiary/aromatic N) is 1. The van der Waals surface area contributed by atoms with E-state index in [1.54, 1.807) is 0 Å². The Hall–Kier alpha value is -1.27. The molecule has 1 aromatic rings. The molecule has 0 spiro atoms. The molecular formula is C13H15F3NO2. The number of hydrogen-bond donors (Lipinski definition) is 0. The van der Waals surface area contributed by atoms with E-state index in [2.05, 4.69) is 11.0 Å². The molecule has 3 nitrogen and oxygen atoms in total. The quantitative estimate of drug-likeness (QED) is 0.840. The largest absolute Gasteiger partial charge is 0.492 e. The van der Waals surface area contributed by atoms with E-state index < -0.39 is 11.7 Å². The van der Waals surface area contributed by atoms with E-state index in [0.29, 0.717) is 26.4 Å². The summed E-state index contributed by atoms with van der Waals surface area (Å²) in [6, 6.07) is 5.76. The van der Waals surface area contributed by atoms with Gasteiger partial charge in [0, 0.05) is 19.6 Å². The molecule has 19 heavy (non-hydrogen) atoms. The van der Waals surface area contributed by atoms with E-state index in [9.17, 15) is 13.2 Å². The molecule has 0 aliphatic carbocycles. The molecule has 1 aromatic carbocycles. The lowest BCUT2D eigenvalue weighted by atomic mass is 10.2. The lowest BCUT2D eigenvalue weighted by Gasteiger charge is -2.26. The van der Waals surface area contributed by atoms with Gasteiger partial charge < -0.3 is 9.47 Å². The highest BCUT2D eigenvalue weighted by Crippen LogP contribution is 2.31. The van der Waals surface area contributed by atoms with Crippen LogP contribution in [-0.4, -0.2) is 44.4 Å². The zero-order valence-corrected chi connectivity index (χ0v) is 10.4. The maximum atomic E-state index is 12.5. The minimum Gasteiger partial charge on any atom is -0.492 e. The number of rotatable bonds is 4. The summed E-state index contributed by atoms with van der Waals surface area (Å²) in [5.41, 5.74) is -0.739. The van der Waals surface area contributed by atoms with Crippen LogP contribution in [0.2, 0.25) is 0 Å². The predicted molar refractivity (Wildman–Crippen MR) is 63.0 cm³/mol. The third-order valence-corrected chi connectivity index (χ3v) is 2.87. The summed E-state index contributed by atoms with van der Waals surface area (Å²) in [6.07, 6.45) is -4.36. The molecule has 1 aliphatic rings. The van der Waals surface area contributed by atoms with Gasteiger partial charge in [0.1, 0.15) is 12.4 Å². The van der Waals surface area contributed by atoms with Gasteiger partial charge in [-0.25, -0.2) is 0 Å². The van der Waals surface area contributed by atoms with E-state index in [4.69, 9.17) is 9.47 Å². The standard InChI is InChI=1S/C13H15F3NO2/c14-13(15,16)11-2-1-3-12(10-11)19-9-6-17-4-7-18-8-5-17/h2-3,10H,4-9H2. The fourth-order valence-corrected chi connectivity index (χ4v) is 1.81. The smallest absolute Gasteiger partial charge is 0.416 e. The Labute approximate surface area is 109 Å². The fraction of sp³-hybridized carbons (Fsp3) is 0.538. The van der Waals surface area contributed by atoms with Crippen molar-refractivity contribution >= 4 is 0 Å². The summed E-state index contributed by atoms with van der Waals surface area (Å²) in [5, 5.41) is 0. The van der Waals surface area contributed by atoms with Gasteiger partial charge in [-0.3, -0.25) is 4.90 Å². The van der Waals surface area contributed by atoms with Crippen molar-refractivity contribution in [1.29, 1.82) is 0 Å². The summed E-state index contributed by atoms with van der Waals surface area (Å²) < 4.78 is 48.0. The van der Waals surface area contributed by atoms with Gasteiger partial charge in [-0.1, -0.05) is 0 Å². The topological polar surface area (TPSA) is 21.7 Å². The second kappa shape index (κ2) is 6.25. The van der Waals surface area contributed by atoms with E-state index in [1.807, 2.05) is 0 Å². The van der Waals surface area contributed by atoms with Gasteiger partial charge >= 0.3 is 6.18 Å². The Kier molecular flexibility index (Phi) is 4.66. The molecular weight excluding hydrogens is 259 g/mol. The van der Waals surface area contributed by atoms with Gasteiger partial charge in [-0.15, -0.1) is 0 Å². The number of hydrogen-bond acceptors (Lipinski definition) is 3. The second-order valence-electron chi connectivity index (χ2n) is 4.26. The molecule has 0 atom stereocenters. The Morgan fingerprint density at radius 1 is 1.26 bits per heavy atom. The highest BCUT2D eigenvalue weighted by atomic mass is 19.4. The molecule has 0 unspecified atom stereocenters. The highest BCUT2D eigenvalue weighted by molar-refractivity contribution is 5.29. The van der Waals surface area contributed by atoms with Crippen molar-refractivity contribution in [1.82, 2.24) is 4.90 Å². The normalized spacial score (nSPS) is 17.4. The van der Waals surface area contributed by atoms with Crippen LogP contribution in [0.1, 0.15) is 5.56 Å². The molecule has 2 rings (SSSR count). The van der Waals surface area contributed by atoms with Crippen LogP contribution >= 0.6 is 0 Å². The number of halogens is 3. The first-order valence-corrected chi connectivity index (χ1v) is 6.07. The minimum atomic E-state index is -4.36. The molecule has 1 heterocycles. The maximum absolute atomic E-state index is 12.5. The molecule has 1 saturated heterocycles. The van der Waals surface area contributed by atoms with Gasteiger partial charge in [0.05, 0.1) is 18.8 Å². The van der Waals surface area contributed by atoms with Crippen LogP contribution in [0.5, 0.6) is 5.75 Å². The first-order chi connectivity index (χ1) is 9.05. The maximum Gasteiger partial charge on any atom is 0.416 e. The lowest BCUT2D eigenvalue weighted by molar-refractivity contribution is -0.137. The highest BCUT2D eigenvalue weighted by Gasteiger charge is 2.30. The number of ether oxygens (including phenoxy) is 2. The van der Waals surface area contributed by atoms with E-state index >= 15 is 0 Å². The monoisotopic (exact) mass is 274 g/mol. The van der Waals surface area contributed by atoms with Crippen molar-refractivity contribution in [2.24, 2.45) is 0 Å². The minimum absolute atomic E-state index is 0.197. The van der Waals surface area contributed by atoms with Crippen molar-refractivity contribution in [2.45, 2.75) is 6.18 Å². The predicted octanol–water partition coefficient (Wildman–Crippen LogP) is 2.22. The third kappa shape index (κ3) is 4.40. The van der Waals surface area contributed by atoms with Crippen LogP contribution in [0.3, 0.4) is 0 Å². The summed E-state index contributed by atoms with van der Waals surface area (Å²) in [7, 11) is 0. The first-order valence-electron chi connectivity index (χ1n) is 6.07. The van der Waals surface area contributed by atoms with Gasteiger partial charge in [-0.2, -0.15) is 13.2 Å². The molecule has 0 bridgehead atoms. The van der Waals surface area contributed by atoms with Crippen LogP contribution < -0.4 is 4.74 Å². The van der Waals surface area contributed by atoms with Gasteiger partial charge in [0.15, 0.2) is 0 Å². The molecule has 1 aliphatic heterocycles. The summed E-state index contributed by atoms with van der Waals surface area (Å²) in [6.45, 7) is 4.08. The molecule has 0 aromatic heterocycles. The average Bonchev–Trinajstić information content (AvgIpc) is 2.39. The van der Waals surface area contributed by atoms with E-state index in [0.717, 1.165) is 25.2 Å². The van der Waals surface area contributed by atoms with Gasteiger partial charge in [0.2, 0.25) is 0 Å². The Bertz CT molecular complexity index is 403. The van der Waals surface area contributed by atoms with Crippen LogP contribution in [-0.2, 0) is 10.9 Å². The number of alkyl halides is 3. The van der Waals surface area contributed by atoms with Crippen LogP contribution in [0.25, 0.3) is 0 Å². The van der Waals surface area contributed by atoms with Crippen molar-refractivity contribution in [2.75, 3.05) is 39.5 Å². The van der Waals surface area contributed by atoms with Crippen molar-refractivity contribution in [3.63, 3.8) is 0 Å². The Balaban J connectivity index is 1.82. The second-order valence-corrected chi connectivity index (χ2v) is 4.26. The molecule has 0 amide bonds. The van der Waals surface area contributed by atoms with Crippen molar-refractivity contribution < 1.29 is 22.6 Å². The fourth-order valence-electron chi connectivity index (χ4n) is 1.81.